The van der Waals surface area contributed by atoms with Gasteiger partial charge in [0.15, 0.2) is 6.10 Å². The predicted molar refractivity (Wildman–Crippen MR) is 108 cm³/mol. The molecule has 0 radical (unpaired) electrons. The first-order valence-electron chi connectivity index (χ1n) is 8.61. The van der Waals surface area contributed by atoms with E-state index < -0.39 is 6.10 Å². The standard InChI is InChI=1S/C19H26BrN4O3.HI/c1-14(18(25)26-11-10-24(3,4)5)27-17-8-6-16(7-9-17)23(2)19-21-12-15(20)13-22-19;/h6-9,12-14H,10-11H2,1-5H3;1H/q+1;/p-1. The van der Waals surface area contributed by atoms with Crippen molar-refractivity contribution in [3.05, 3.63) is 41.1 Å². The quantitative estimate of drug-likeness (QED) is 0.256. The van der Waals surface area contributed by atoms with Gasteiger partial charge in [0.2, 0.25) is 5.95 Å². The molecule has 1 atom stereocenters. The second kappa shape index (κ2) is 10.9. The summed E-state index contributed by atoms with van der Waals surface area (Å²) in [6.07, 6.45) is 2.72. The lowest BCUT2D eigenvalue weighted by Gasteiger charge is -2.23. The Labute approximate surface area is 191 Å². The summed E-state index contributed by atoms with van der Waals surface area (Å²) in [5.41, 5.74) is 0.905. The Kier molecular flexibility index (Phi) is 9.58. The van der Waals surface area contributed by atoms with E-state index in [-0.39, 0.29) is 29.9 Å². The zero-order valence-corrected chi connectivity index (χ0v) is 20.5. The summed E-state index contributed by atoms with van der Waals surface area (Å²) in [6.45, 7) is 2.80. The molecule has 0 N–H and O–H groups in total. The average molecular weight is 565 g/mol. The molecular weight excluding hydrogens is 539 g/mol. The van der Waals surface area contributed by atoms with Crippen LogP contribution in [0.25, 0.3) is 0 Å². The van der Waals surface area contributed by atoms with Crippen LogP contribution in [0.1, 0.15) is 6.92 Å². The molecule has 0 amide bonds. The van der Waals surface area contributed by atoms with E-state index in [1.165, 1.54) is 0 Å². The van der Waals surface area contributed by atoms with Gasteiger partial charge < -0.3 is 42.8 Å². The smallest absolute Gasteiger partial charge is 0.347 e. The van der Waals surface area contributed by atoms with E-state index in [1.807, 2.05) is 45.2 Å². The predicted octanol–water partition coefficient (Wildman–Crippen LogP) is 0.0277. The van der Waals surface area contributed by atoms with E-state index in [2.05, 4.69) is 25.9 Å². The summed E-state index contributed by atoms with van der Waals surface area (Å²) >= 11 is 3.32. The number of likely N-dealkylation sites (N-methyl/N-ethyl adjacent to an activating group) is 1. The van der Waals surface area contributed by atoms with Crippen LogP contribution >= 0.6 is 15.9 Å². The number of rotatable bonds is 8. The van der Waals surface area contributed by atoms with Crippen molar-refractivity contribution in [3.8, 4) is 5.75 Å². The van der Waals surface area contributed by atoms with Gasteiger partial charge in [-0.2, -0.15) is 0 Å². The molecule has 0 bridgehead atoms. The number of benzene rings is 1. The van der Waals surface area contributed by atoms with E-state index in [0.29, 0.717) is 18.3 Å². The number of halogens is 2. The van der Waals surface area contributed by atoms with Gasteiger partial charge in [-0.05, 0) is 47.1 Å². The summed E-state index contributed by atoms with van der Waals surface area (Å²) in [6, 6.07) is 7.38. The van der Waals surface area contributed by atoms with Crippen molar-refractivity contribution < 1.29 is 42.7 Å². The Hall–Kier alpha value is -1.46. The van der Waals surface area contributed by atoms with Gasteiger partial charge in [-0.25, -0.2) is 14.8 Å². The third kappa shape index (κ3) is 7.88. The number of hydrogen-bond acceptors (Lipinski definition) is 6. The third-order valence-corrected chi connectivity index (χ3v) is 4.19. The number of anilines is 2. The molecule has 2 aromatic rings. The number of hydrogen-bond donors (Lipinski definition) is 0. The van der Waals surface area contributed by atoms with E-state index in [9.17, 15) is 4.79 Å². The monoisotopic (exact) mass is 564 g/mol. The number of aromatic nitrogens is 2. The molecule has 0 saturated carbocycles. The van der Waals surface area contributed by atoms with Crippen molar-refractivity contribution >= 4 is 33.5 Å². The van der Waals surface area contributed by atoms with E-state index >= 15 is 0 Å². The molecule has 1 aromatic heterocycles. The van der Waals surface area contributed by atoms with Crippen LogP contribution in [0.15, 0.2) is 41.1 Å². The Morgan fingerprint density at radius 3 is 2.29 bits per heavy atom. The van der Waals surface area contributed by atoms with Crippen molar-refractivity contribution in [2.75, 3.05) is 46.2 Å². The first kappa shape index (κ1) is 24.6. The van der Waals surface area contributed by atoms with Crippen LogP contribution in [0, 0.1) is 0 Å². The highest BCUT2D eigenvalue weighted by Gasteiger charge is 2.18. The first-order valence-corrected chi connectivity index (χ1v) is 9.40. The molecule has 1 unspecified atom stereocenters. The minimum absolute atomic E-state index is 0. The Morgan fingerprint density at radius 2 is 1.75 bits per heavy atom. The van der Waals surface area contributed by atoms with Gasteiger partial charge in [0.05, 0.1) is 25.6 Å². The summed E-state index contributed by atoms with van der Waals surface area (Å²) < 4.78 is 12.5. The number of quaternary nitrogens is 1. The first-order chi connectivity index (χ1) is 12.7. The maximum atomic E-state index is 12.0. The summed E-state index contributed by atoms with van der Waals surface area (Å²) in [4.78, 5) is 22.4. The van der Waals surface area contributed by atoms with Crippen molar-refractivity contribution in [1.82, 2.24) is 9.97 Å². The summed E-state index contributed by atoms with van der Waals surface area (Å²) in [5, 5.41) is 0. The van der Waals surface area contributed by atoms with Crippen molar-refractivity contribution in [2.24, 2.45) is 0 Å². The van der Waals surface area contributed by atoms with Crippen LogP contribution in [0.3, 0.4) is 0 Å². The fourth-order valence-electron chi connectivity index (χ4n) is 2.13. The van der Waals surface area contributed by atoms with Gasteiger partial charge in [0, 0.05) is 25.1 Å². The van der Waals surface area contributed by atoms with Crippen LogP contribution in [0.5, 0.6) is 5.75 Å². The van der Waals surface area contributed by atoms with E-state index in [0.717, 1.165) is 21.2 Å². The molecule has 7 nitrogen and oxygen atoms in total. The molecule has 28 heavy (non-hydrogen) atoms. The van der Waals surface area contributed by atoms with Gasteiger partial charge >= 0.3 is 5.97 Å². The second-order valence-electron chi connectivity index (χ2n) is 7.20. The molecule has 0 saturated heterocycles. The maximum Gasteiger partial charge on any atom is 0.347 e. The van der Waals surface area contributed by atoms with Crippen molar-refractivity contribution in [1.29, 1.82) is 0 Å². The highest BCUT2D eigenvalue weighted by Crippen LogP contribution is 2.24. The molecule has 1 aromatic carbocycles. The maximum absolute atomic E-state index is 12.0. The number of esters is 1. The molecule has 9 heteroatoms. The lowest BCUT2D eigenvalue weighted by atomic mass is 10.3. The van der Waals surface area contributed by atoms with Crippen molar-refractivity contribution in [3.63, 3.8) is 0 Å². The SMILES string of the molecule is CC(Oc1ccc(N(C)c2ncc(Br)cn2)cc1)C(=O)OCC[N+](C)(C)C.[I-]. The molecule has 0 aliphatic carbocycles. The summed E-state index contributed by atoms with van der Waals surface area (Å²) in [7, 11) is 8.02. The molecule has 0 aliphatic heterocycles. The zero-order chi connectivity index (χ0) is 20.0. The normalized spacial score (nSPS) is 11.9. The average Bonchev–Trinajstić information content (AvgIpc) is 2.61. The topological polar surface area (TPSA) is 64.5 Å². The highest BCUT2D eigenvalue weighted by molar-refractivity contribution is 9.10. The molecule has 0 spiro atoms. The number of nitrogens with zero attached hydrogens (tertiary/aromatic N) is 4. The van der Waals surface area contributed by atoms with Gasteiger partial charge in [-0.15, -0.1) is 0 Å². The minimum atomic E-state index is -0.671. The lowest BCUT2D eigenvalue weighted by Crippen LogP contribution is -3.00. The number of carbonyl (C=O) groups excluding carboxylic acids is 1. The number of carbonyl (C=O) groups is 1. The van der Waals surface area contributed by atoms with E-state index in [4.69, 9.17) is 9.47 Å². The second-order valence-corrected chi connectivity index (χ2v) is 8.11. The molecule has 154 valence electrons. The Balaban J connectivity index is 0.00000392. The molecule has 2 rings (SSSR count). The molecule has 1 heterocycles. The zero-order valence-electron chi connectivity index (χ0n) is 16.7. The fourth-order valence-corrected chi connectivity index (χ4v) is 2.34. The molecular formula is C19H26BrIN4O3. The third-order valence-electron chi connectivity index (χ3n) is 3.78. The van der Waals surface area contributed by atoms with Gasteiger partial charge in [-0.1, -0.05) is 0 Å². The van der Waals surface area contributed by atoms with Gasteiger partial charge in [-0.3, -0.25) is 0 Å². The largest absolute Gasteiger partial charge is 1.00 e. The molecule has 0 aliphatic rings. The molecule has 0 fully saturated rings. The number of ether oxygens (including phenoxy) is 2. The fraction of sp³-hybridized carbons (Fsp3) is 0.421. The van der Waals surface area contributed by atoms with E-state index in [1.54, 1.807) is 31.5 Å². The van der Waals surface area contributed by atoms with Crippen LogP contribution in [-0.2, 0) is 9.53 Å². The summed E-state index contributed by atoms with van der Waals surface area (Å²) in [5.74, 6) is 0.814. The van der Waals surface area contributed by atoms with Gasteiger partial charge in [0.25, 0.3) is 0 Å². The highest BCUT2D eigenvalue weighted by atomic mass is 127. The Morgan fingerprint density at radius 1 is 1.18 bits per heavy atom. The minimum Gasteiger partial charge on any atom is -1.00 e. The van der Waals surface area contributed by atoms with Gasteiger partial charge in [0.1, 0.15) is 18.9 Å². The van der Waals surface area contributed by atoms with Crippen LogP contribution in [0.4, 0.5) is 11.6 Å². The van der Waals surface area contributed by atoms with Crippen molar-refractivity contribution in [2.45, 2.75) is 13.0 Å². The van der Waals surface area contributed by atoms with Crippen LogP contribution < -0.4 is 33.6 Å². The Bertz CT molecular complexity index is 751. The van der Waals surface area contributed by atoms with Crippen LogP contribution in [-0.4, -0.2) is 67.9 Å². The van der Waals surface area contributed by atoms with Crippen LogP contribution in [0.2, 0.25) is 0 Å². The lowest BCUT2D eigenvalue weighted by molar-refractivity contribution is -0.870.